The SMILES string of the molecule is O=[N+]([O-])c1ccsc1S(=O)c1ccc(Cl)cc1. The first-order valence-electron chi connectivity index (χ1n) is 4.49. The minimum absolute atomic E-state index is 0.108. The van der Waals surface area contributed by atoms with Gasteiger partial charge in [-0.3, -0.25) is 10.1 Å². The Morgan fingerprint density at radius 3 is 2.47 bits per heavy atom. The molecule has 0 aliphatic rings. The van der Waals surface area contributed by atoms with Crippen LogP contribution in [0.2, 0.25) is 5.02 Å². The van der Waals surface area contributed by atoms with Crippen molar-refractivity contribution in [1.82, 2.24) is 0 Å². The molecule has 0 saturated carbocycles. The molecule has 0 fully saturated rings. The third kappa shape index (κ3) is 2.54. The van der Waals surface area contributed by atoms with E-state index in [0.717, 1.165) is 11.3 Å². The van der Waals surface area contributed by atoms with E-state index in [9.17, 15) is 14.3 Å². The van der Waals surface area contributed by atoms with E-state index < -0.39 is 15.7 Å². The fourth-order valence-corrected chi connectivity index (χ4v) is 3.67. The topological polar surface area (TPSA) is 60.2 Å². The molecule has 0 aliphatic carbocycles. The van der Waals surface area contributed by atoms with Crippen molar-refractivity contribution in [3.63, 3.8) is 0 Å². The maximum atomic E-state index is 12.1. The summed E-state index contributed by atoms with van der Waals surface area (Å²) in [5.74, 6) is 0. The molecule has 1 unspecified atom stereocenters. The lowest BCUT2D eigenvalue weighted by atomic mass is 10.4. The number of thiophene rings is 1. The van der Waals surface area contributed by atoms with Gasteiger partial charge in [0, 0.05) is 16.0 Å². The molecule has 17 heavy (non-hydrogen) atoms. The van der Waals surface area contributed by atoms with Gasteiger partial charge in [-0.15, -0.1) is 11.3 Å². The quantitative estimate of drug-likeness (QED) is 0.641. The summed E-state index contributed by atoms with van der Waals surface area (Å²) in [5, 5.41) is 12.8. The zero-order valence-electron chi connectivity index (χ0n) is 8.33. The van der Waals surface area contributed by atoms with Crippen LogP contribution in [0.4, 0.5) is 5.69 Å². The standard InChI is InChI=1S/C10H6ClNO3S2/c11-7-1-3-8(4-2-7)17(15)10-9(12(13)14)5-6-16-10/h1-6H. The monoisotopic (exact) mass is 287 g/mol. The molecule has 0 saturated heterocycles. The van der Waals surface area contributed by atoms with Crippen LogP contribution < -0.4 is 0 Å². The van der Waals surface area contributed by atoms with Crippen LogP contribution in [0.1, 0.15) is 0 Å². The highest BCUT2D eigenvalue weighted by molar-refractivity contribution is 7.87. The first kappa shape index (κ1) is 12.2. The highest BCUT2D eigenvalue weighted by Gasteiger charge is 2.21. The van der Waals surface area contributed by atoms with Crippen molar-refractivity contribution < 1.29 is 9.13 Å². The summed E-state index contributed by atoms with van der Waals surface area (Å²) in [6.07, 6.45) is 0. The van der Waals surface area contributed by atoms with Crippen LogP contribution in [0.3, 0.4) is 0 Å². The van der Waals surface area contributed by atoms with Gasteiger partial charge in [0.2, 0.25) is 0 Å². The smallest absolute Gasteiger partial charge is 0.258 e. The fourth-order valence-electron chi connectivity index (χ4n) is 1.23. The second-order valence-corrected chi connectivity index (χ2v) is 6.10. The van der Waals surface area contributed by atoms with Gasteiger partial charge in [0.05, 0.1) is 4.92 Å². The van der Waals surface area contributed by atoms with Crippen molar-refractivity contribution in [3.8, 4) is 0 Å². The molecule has 0 N–H and O–H groups in total. The van der Waals surface area contributed by atoms with Crippen LogP contribution in [-0.4, -0.2) is 9.13 Å². The number of benzene rings is 1. The summed E-state index contributed by atoms with van der Waals surface area (Å²) in [5.41, 5.74) is -0.108. The van der Waals surface area contributed by atoms with E-state index in [1.807, 2.05) is 0 Å². The summed E-state index contributed by atoms with van der Waals surface area (Å²) in [7, 11) is -1.54. The lowest BCUT2D eigenvalue weighted by Gasteiger charge is -1.99. The van der Waals surface area contributed by atoms with Gasteiger partial charge in [0.15, 0.2) is 4.21 Å². The summed E-state index contributed by atoms with van der Waals surface area (Å²) < 4.78 is 12.4. The Hall–Kier alpha value is -1.24. The van der Waals surface area contributed by atoms with Crippen LogP contribution in [-0.2, 0) is 10.8 Å². The first-order valence-corrected chi connectivity index (χ1v) is 6.89. The van der Waals surface area contributed by atoms with Crippen molar-refractivity contribution in [2.75, 3.05) is 0 Å². The molecule has 0 spiro atoms. The number of rotatable bonds is 3. The highest BCUT2D eigenvalue weighted by atomic mass is 35.5. The summed E-state index contributed by atoms with van der Waals surface area (Å²) in [6.45, 7) is 0. The largest absolute Gasteiger partial charge is 0.296 e. The Morgan fingerprint density at radius 2 is 1.88 bits per heavy atom. The molecule has 88 valence electrons. The Morgan fingerprint density at radius 1 is 1.24 bits per heavy atom. The predicted octanol–water partition coefficient (Wildman–Crippen LogP) is 3.48. The molecule has 2 aromatic rings. The lowest BCUT2D eigenvalue weighted by Crippen LogP contribution is -1.95. The summed E-state index contributed by atoms with van der Waals surface area (Å²) in [6, 6.07) is 7.76. The molecule has 0 amide bonds. The molecular weight excluding hydrogens is 282 g/mol. The van der Waals surface area contributed by atoms with Gasteiger partial charge in [-0.1, -0.05) is 11.6 Å². The first-order chi connectivity index (χ1) is 8.09. The minimum atomic E-state index is -1.54. The van der Waals surface area contributed by atoms with Crippen molar-refractivity contribution in [3.05, 3.63) is 50.8 Å². The van der Waals surface area contributed by atoms with Crippen LogP contribution in [0.5, 0.6) is 0 Å². The Balaban J connectivity index is 2.40. The number of hydrogen-bond donors (Lipinski definition) is 0. The molecule has 4 nitrogen and oxygen atoms in total. The van der Waals surface area contributed by atoms with Crippen molar-refractivity contribution in [2.24, 2.45) is 0 Å². The molecule has 1 heterocycles. The molecule has 0 aliphatic heterocycles. The van der Waals surface area contributed by atoms with Crippen LogP contribution >= 0.6 is 22.9 Å². The van der Waals surface area contributed by atoms with Gasteiger partial charge in [-0.05, 0) is 29.6 Å². The maximum Gasteiger partial charge on any atom is 0.296 e. The van der Waals surface area contributed by atoms with Gasteiger partial charge in [0.25, 0.3) is 5.69 Å². The summed E-state index contributed by atoms with van der Waals surface area (Å²) in [4.78, 5) is 10.7. The fraction of sp³-hybridized carbons (Fsp3) is 0. The van der Waals surface area contributed by atoms with Gasteiger partial charge < -0.3 is 0 Å². The van der Waals surface area contributed by atoms with Gasteiger partial charge >= 0.3 is 0 Å². The van der Waals surface area contributed by atoms with E-state index in [0.29, 0.717) is 9.92 Å². The second-order valence-electron chi connectivity index (χ2n) is 3.07. The lowest BCUT2D eigenvalue weighted by molar-refractivity contribution is -0.387. The Labute approximate surface area is 108 Å². The van der Waals surface area contributed by atoms with E-state index in [2.05, 4.69) is 0 Å². The van der Waals surface area contributed by atoms with E-state index in [4.69, 9.17) is 11.6 Å². The van der Waals surface area contributed by atoms with Crippen molar-refractivity contribution in [2.45, 2.75) is 9.10 Å². The minimum Gasteiger partial charge on any atom is -0.258 e. The van der Waals surface area contributed by atoms with Crippen molar-refractivity contribution in [1.29, 1.82) is 0 Å². The molecule has 1 aromatic carbocycles. The molecule has 1 aromatic heterocycles. The maximum absolute atomic E-state index is 12.1. The predicted molar refractivity (Wildman–Crippen MR) is 67.1 cm³/mol. The van der Waals surface area contributed by atoms with Crippen LogP contribution in [0, 0.1) is 10.1 Å². The van der Waals surface area contributed by atoms with Gasteiger partial charge in [-0.25, -0.2) is 4.21 Å². The van der Waals surface area contributed by atoms with E-state index in [1.54, 1.807) is 29.6 Å². The van der Waals surface area contributed by atoms with Crippen LogP contribution in [0.25, 0.3) is 0 Å². The molecule has 0 bridgehead atoms. The average molecular weight is 288 g/mol. The zero-order chi connectivity index (χ0) is 12.4. The second kappa shape index (κ2) is 4.95. The number of hydrogen-bond acceptors (Lipinski definition) is 4. The van der Waals surface area contributed by atoms with E-state index in [-0.39, 0.29) is 9.90 Å². The van der Waals surface area contributed by atoms with E-state index in [1.165, 1.54) is 6.07 Å². The van der Waals surface area contributed by atoms with Crippen LogP contribution in [0.15, 0.2) is 44.8 Å². The molecule has 2 rings (SSSR count). The summed E-state index contributed by atoms with van der Waals surface area (Å²) >= 11 is 6.83. The Bertz CT molecular complexity index is 579. The van der Waals surface area contributed by atoms with Crippen molar-refractivity contribution >= 4 is 39.4 Å². The normalized spacial score (nSPS) is 12.3. The van der Waals surface area contributed by atoms with E-state index >= 15 is 0 Å². The molecule has 1 atom stereocenters. The molecular formula is C10H6ClNO3S2. The highest BCUT2D eigenvalue weighted by Crippen LogP contribution is 2.31. The Kier molecular flexibility index (Phi) is 3.56. The number of halogens is 1. The number of nitrogens with zero attached hydrogens (tertiary/aromatic N) is 1. The number of nitro groups is 1. The third-order valence-corrected chi connectivity index (χ3v) is 4.94. The molecule has 0 radical (unpaired) electrons. The van der Waals surface area contributed by atoms with Gasteiger partial charge in [0.1, 0.15) is 10.8 Å². The van der Waals surface area contributed by atoms with Gasteiger partial charge in [-0.2, -0.15) is 0 Å². The average Bonchev–Trinajstić information content (AvgIpc) is 2.78. The molecule has 7 heteroatoms. The third-order valence-electron chi connectivity index (χ3n) is 2.00. The zero-order valence-corrected chi connectivity index (χ0v) is 10.7.